The Labute approximate surface area is 108 Å². The van der Waals surface area contributed by atoms with Crippen LogP contribution in [0.2, 0.25) is 0 Å². The number of methoxy groups -OCH3 is 1. The van der Waals surface area contributed by atoms with Crippen LogP contribution in [0.15, 0.2) is 36.9 Å². The zero-order valence-corrected chi connectivity index (χ0v) is 11.2. The van der Waals surface area contributed by atoms with E-state index in [0.29, 0.717) is 0 Å². The molecule has 0 bridgehead atoms. The molecule has 0 spiro atoms. The quantitative estimate of drug-likeness (QED) is 0.764. The van der Waals surface area contributed by atoms with Crippen LogP contribution in [0.25, 0.3) is 0 Å². The molecule has 98 valence electrons. The Bertz CT molecular complexity index is 412. The van der Waals surface area contributed by atoms with E-state index >= 15 is 0 Å². The van der Waals surface area contributed by atoms with Crippen molar-refractivity contribution in [3.05, 3.63) is 42.5 Å². The minimum atomic E-state index is -0.330. The molecule has 18 heavy (non-hydrogen) atoms. The van der Waals surface area contributed by atoms with Gasteiger partial charge in [-0.05, 0) is 25.5 Å². The molecule has 0 aliphatic carbocycles. The molecular weight excluding hydrogens is 228 g/mol. The van der Waals surface area contributed by atoms with Crippen molar-refractivity contribution in [2.75, 3.05) is 7.11 Å². The van der Waals surface area contributed by atoms with Crippen molar-refractivity contribution in [2.45, 2.75) is 38.3 Å². The molecule has 1 unspecified atom stereocenters. The van der Waals surface area contributed by atoms with Crippen LogP contribution in [0, 0.1) is 0 Å². The van der Waals surface area contributed by atoms with E-state index in [-0.39, 0.29) is 18.0 Å². The second-order valence-electron chi connectivity index (χ2n) is 4.68. The van der Waals surface area contributed by atoms with Crippen molar-refractivity contribution in [3.8, 4) is 5.75 Å². The fourth-order valence-corrected chi connectivity index (χ4v) is 2.11. The van der Waals surface area contributed by atoms with Gasteiger partial charge in [0.25, 0.3) is 0 Å². The Balaban J connectivity index is 2.17. The molecule has 0 amide bonds. The average molecular weight is 248 g/mol. The summed E-state index contributed by atoms with van der Waals surface area (Å²) >= 11 is 0. The number of hydrogen-bond acceptors (Lipinski definition) is 3. The number of hydrogen-bond donors (Lipinski definition) is 0. The molecule has 1 aromatic carbocycles. The Morgan fingerprint density at radius 2 is 2.06 bits per heavy atom. The molecule has 3 heteroatoms. The summed E-state index contributed by atoms with van der Waals surface area (Å²) in [5.41, 5.74) is 0.701. The van der Waals surface area contributed by atoms with Gasteiger partial charge in [-0.1, -0.05) is 25.1 Å². The molecule has 1 aliphatic rings. The molecule has 1 fully saturated rings. The number of ether oxygens (including phenoxy) is 3. The molecule has 1 aliphatic heterocycles. The Kier molecular flexibility index (Phi) is 3.73. The summed E-state index contributed by atoms with van der Waals surface area (Å²) in [5, 5.41) is 0. The van der Waals surface area contributed by atoms with Crippen LogP contribution in [-0.4, -0.2) is 18.8 Å². The van der Waals surface area contributed by atoms with Gasteiger partial charge in [0.2, 0.25) is 0 Å². The first kappa shape index (κ1) is 13.1. The van der Waals surface area contributed by atoms with Crippen molar-refractivity contribution >= 4 is 0 Å². The third-order valence-corrected chi connectivity index (χ3v) is 3.55. The van der Waals surface area contributed by atoms with Crippen LogP contribution < -0.4 is 4.74 Å². The smallest absolute Gasteiger partial charge is 0.185 e. The SMILES string of the molecule is C=C[C@@H]1OC(c2ccc(OC)cc2)O[C@]1(C)CC. The van der Waals surface area contributed by atoms with Gasteiger partial charge < -0.3 is 14.2 Å². The van der Waals surface area contributed by atoms with E-state index in [1.807, 2.05) is 30.3 Å². The van der Waals surface area contributed by atoms with Gasteiger partial charge in [-0.3, -0.25) is 0 Å². The lowest BCUT2D eigenvalue weighted by molar-refractivity contribution is -0.0882. The maximum Gasteiger partial charge on any atom is 0.185 e. The number of rotatable bonds is 4. The molecule has 1 saturated heterocycles. The molecule has 0 radical (unpaired) electrons. The van der Waals surface area contributed by atoms with Crippen molar-refractivity contribution in [3.63, 3.8) is 0 Å². The van der Waals surface area contributed by atoms with Gasteiger partial charge in [-0.15, -0.1) is 6.58 Å². The molecule has 0 aromatic heterocycles. The van der Waals surface area contributed by atoms with E-state index in [1.54, 1.807) is 7.11 Å². The van der Waals surface area contributed by atoms with Crippen molar-refractivity contribution in [2.24, 2.45) is 0 Å². The highest BCUT2D eigenvalue weighted by molar-refractivity contribution is 5.28. The first-order valence-electron chi connectivity index (χ1n) is 6.22. The van der Waals surface area contributed by atoms with Gasteiger partial charge in [0, 0.05) is 5.56 Å². The summed E-state index contributed by atoms with van der Waals surface area (Å²) in [4.78, 5) is 0. The molecule has 2 rings (SSSR count). The third-order valence-electron chi connectivity index (χ3n) is 3.55. The minimum absolute atomic E-state index is 0.0744. The molecule has 1 heterocycles. The van der Waals surface area contributed by atoms with Gasteiger partial charge in [0.05, 0.1) is 12.7 Å². The Morgan fingerprint density at radius 3 is 2.50 bits per heavy atom. The topological polar surface area (TPSA) is 27.7 Å². The standard InChI is InChI=1S/C15H20O3/c1-5-13-15(3,6-2)18-14(17-13)11-7-9-12(16-4)10-8-11/h5,7-10,13-14H,1,6H2,2-4H3/t13-,14?,15+/m0/s1. The summed E-state index contributed by atoms with van der Waals surface area (Å²) < 4.78 is 17.1. The monoisotopic (exact) mass is 248 g/mol. The van der Waals surface area contributed by atoms with Crippen molar-refractivity contribution in [1.82, 2.24) is 0 Å². The highest BCUT2D eigenvalue weighted by Crippen LogP contribution is 2.40. The maximum absolute atomic E-state index is 6.03. The largest absolute Gasteiger partial charge is 0.497 e. The normalized spacial score (nSPS) is 31.3. The summed E-state index contributed by atoms with van der Waals surface area (Å²) in [7, 11) is 1.65. The first-order valence-corrected chi connectivity index (χ1v) is 6.22. The van der Waals surface area contributed by atoms with Crippen LogP contribution in [0.3, 0.4) is 0 Å². The summed E-state index contributed by atoms with van der Waals surface area (Å²) in [5.74, 6) is 0.829. The van der Waals surface area contributed by atoms with Crippen LogP contribution in [0.5, 0.6) is 5.75 Å². The fourth-order valence-electron chi connectivity index (χ4n) is 2.11. The highest BCUT2D eigenvalue weighted by Gasteiger charge is 2.43. The minimum Gasteiger partial charge on any atom is -0.497 e. The lowest BCUT2D eigenvalue weighted by Crippen LogP contribution is -2.34. The summed E-state index contributed by atoms with van der Waals surface area (Å²) in [6, 6.07) is 7.75. The lowest BCUT2D eigenvalue weighted by atomic mass is 9.96. The van der Waals surface area contributed by atoms with E-state index in [0.717, 1.165) is 17.7 Å². The van der Waals surface area contributed by atoms with Crippen molar-refractivity contribution in [1.29, 1.82) is 0 Å². The van der Waals surface area contributed by atoms with Crippen LogP contribution in [0.1, 0.15) is 32.1 Å². The van der Waals surface area contributed by atoms with Crippen LogP contribution in [0.4, 0.5) is 0 Å². The van der Waals surface area contributed by atoms with Gasteiger partial charge in [-0.2, -0.15) is 0 Å². The lowest BCUT2D eigenvalue weighted by Gasteiger charge is -2.24. The van der Waals surface area contributed by atoms with Crippen molar-refractivity contribution < 1.29 is 14.2 Å². The maximum atomic E-state index is 6.03. The van der Waals surface area contributed by atoms with E-state index in [4.69, 9.17) is 14.2 Å². The average Bonchev–Trinajstić information content (AvgIpc) is 2.77. The van der Waals surface area contributed by atoms with E-state index in [2.05, 4.69) is 20.4 Å². The van der Waals surface area contributed by atoms with Gasteiger partial charge in [0.15, 0.2) is 6.29 Å². The van der Waals surface area contributed by atoms with Gasteiger partial charge >= 0.3 is 0 Å². The van der Waals surface area contributed by atoms with Gasteiger partial charge in [0.1, 0.15) is 11.9 Å². The van der Waals surface area contributed by atoms with E-state index in [1.165, 1.54) is 0 Å². The summed E-state index contributed by atoms with van der Waals surface area (Å²) in [6.45, 7) is 7.97. The van der Waals surface area contributed by atoms with Gasteiger partial charge in [-0.25, -0.2) is 0 Å². The third kappa shape index (κ3) is 2.28. The predicted octanol–water partition coefficient (Wildman–Crippen LogP) is 3.46. The Hall–Kier alpha value is -1.32. The fraction of sp³-hybridized carbons (Fsp3) is 0.467. The summed E-state index contributed by atoms with van der Waals surface area (Å²) in [6.07, 6.45) is 2.29. The van der Waals surface area contributed by atoms with Crippen LogP contribution >= 0.6 is 0 Å². The predicted molar refractivity (Wildman–Crippen MR) is 70.6 cm³/mol. The van der Waals surface area contributed by atoms with E-state index in [9.17, 15) is 0 Å². The molecule has 3 nitrogen and oxygen atoms in total. The van der Waals surface area contributed by atoms with Crippen LogP contribution in [-0.2, 0) is 9.47 Å². The molecule has 1 aromatic rings. The van der Waals surface area contributed by atoms with E-state index < -0.39 is 0 Å². The Morgan fingerprint density at radius 1 is 1.39 bits per heavy atom. The second-order valence-corrected chi connectivity index (χ2v) is 4.68. The molecular formula is C15H20O3. The molecule has 0 N–H and O–H groups in total. The number of benzene rings is 1. The second kappa shape index (κ2) is 5.12. The molecule has 3 atom stereocenters. The highest BCUT2D eigenvalue weighted by atomic mass is 16.7. The zero-order chi connectivity index (χ0) is 13.2. The molecule has 0 saturated carbocycles. The zero-order valence-electron chi connectivity index (χ0n) is 11.2. The first-order chi connectivity index (χ1) is 8.62.